The number of ether oxygens (including phenoxy) is 3. The SMILES string of the molecule is CC(C)(C)OC(=O)N1C[C@@H](OC(=O)c2ccccc2)C=C[C@H]1COCc1ccccc1. The molecule has 1 aliphatic rings. The smallest absolute Gasteiger partial charge is 0.411 e. The molecule has 31 heavy (non-hydrogen) atoms. The molecular weight excluding hydrogens is 394 g/mol. The van der Waals surface area contributed by atoms with Crippen molar-refractivity contribution in [3.63, 3.8) is 0 Å². The van der Waals surface area contributed by atoms with E-state index in [9.17, 15) is 9.59 Å². The van der Waals surface area contributed by atoms with Crippen LogP contribution in [0.5, 0.6) is 0 Å². The van der Waals surface area contributed by atoms with Gasteiger partial charge in [-0.3, -0.25) is 4.90 Å². The van der Waals surface area contributed by atoms with Crippen LogP contribution in [0.15, 0.2) is 72.8 Å². The molecule has 2 aromatic carbocycles. The Hall–Kier alpha value is -3.12. The molecule has 2 aromatic rings. The molecule has 0 unspecified atom stereocenters. The standard InChI is InChI=1S/C25H29NO5/c1-25(2,3)31-24(28)26-16-22(30-23(27)20-12-8-5-9-13-20)15-14-21(26)18-29-17-19-10-6-4-7-11-19/h4-15,21-22H,16-18H2,1-3H3/t21-,22-/m0/s1. The van der Waals surface area contributed by atoms with Crippen molar-refractivity contribution in [1.82, 2.24) is 4.90 Å². The van der Waals surface area contributed by atoms with Gasteiger partial charge in [0.25, 0.3) is 0 Å². The highest BCUT2D eigenvalue weighted by Gasteiger charge is 2.33. The molecule has 1 amide bonds. The van der Waals surface area contributed by atoms with E-state index in [0.717, 1.165) is 5.56 Å². The maximum absolute atomic E-state index is 12.8. The van der Waals surface area contributed by atoms with Crippen molar-refractivity contribution in [2.45, 2.75) is 45.1 Å². The largest absolute Gasteiger partial charge is 0.453 e. The van der Waals surface area contributed by atoms with Crippen molar-refractivity contribution in [2.75, 3.05) is 13.2 Å². The minimum absolute atomic E-state index is 0.198. The number of hydrogen-bond acceptors (Lipinski definition) is 5. The number of esters is 1. The number of nitrogens with zero attached hydrogens (tertiary/aromatic N) is 1. The Morgan fingerprint density at radius 1 is 0.968 bits per heavy atom. The molecule has 0 fully saturated rings. The number of carbonyl (C=O) groups is 2. The Morgan fingerprint density at radius 3 is 2.26 bits per heavy atom. The maximum Gasteiger partial charge on any atom is 0.411 e. The number of hydrogen-bond donors (Lipinski definition) is 0. The number of carbonyl (C=O) groups excluding carboxylic acids is 2. The molecule has 0 aromatic heterocycles. The molecule has 0 saturated heterocycles. The summed E-state index contributed by atoms with van der Waals surface area (Å²) >= 11 is 0. The van der Waals surface area contributed by atoms with Gasteiger partial charge in [0.15, 0.2) is 0 Å². The molecule has 1 heterocycles. The Morgan fingerprint density at radius 2 is 1.61 bits per heavy atom. The van der Waals surface area contributed by atoms with Crippen molar-refractivity contribution in [3.8, 4) is 0 Å². The summed E-state index contributed by atoms with van der Waals surface area (Å²) in [5, 5.41) is 0. The van der Waals surface area contributed by atoms with E-state index in [1.165, 1.54) is 0 Å². The van der Waals surface area contributed by atoms with E-state index in [1.54, 1.807) is 35.2 Å². The number of benzene rings is 2. The van der Waals surface area contributed by atoms with E-state index in [2.05, 4.69) is 0 Å². The second kappa shape index (κ2) is 10.3. The molecule has 3 rings (SSSR count). The summed E-state index contributed by atoms with van der Waals surface area (Å²) in [6, 6.07) is 18.3. The van der Waals surface area contributed by atoms with Crippen LogP contribution in [0.3, 0.4) is 0 Å². The highest BCUT2D eigenvalue weighted by atomic mass is 16.6. The van der Waals surface area contributed by atoms with Gasteiger partial charge in [-0.2, -0.15) is 0 Å². The number of rotatable bonds is 6. The molecule has 0 spiro atoms. The van der Waals surface area contributed by atoms with E-state index >= 15 is 0 Å². The molecular formula is C25H29NO5. The Balaban J connectivity index is 1.66. The summed E-state index contributed by atoms with van der Waals surface area (Å²) in [4.78, 5) is 26.8. The first-order valence-corrected chi connectivity index (χ1v) is 10.4. The lowest BCUT2D eigenvalue weighted by atomic mass is 10.1. The van der Waals surface area contributed by atoms with Crippen LogP contribution in [0.25, 0.3) is 0 Å². The van der Waals surface area contributed by atoms with Crippen molar-refractivity contribution >= 4 is 12.1 Å². The maximum atomic E-state index is 12.8. The topological polar surface area (TPSA) is 65.1 Å². The van der Waals surface area contributed by atoms with Gasteiger partial charge in [0, 0.05) is 0 Å². The predicted octanol–water partition coefficient (Wildman–Crippen LogP) is 4.60. The summed E-state index contributed by atoms with van der Waals surface area (Å²) in [7, 11) is 0. The Labute approximate surface area is 183 Å². The molecule has 0 bridgehead atoms. The van der Waals surface area contributed by atoms with Crippen LogP contribution < -0.4 is 0 Å². The molecule has 164 valence electrons. The molecule has 0 aliphatic carbocycles. The first-order chi connectivity index (χ1) is 14.8. The fraction of sp³-hybridized carbons (Fsp3) is 0.360. The van der Waals surface area contributed by atoms with Gasteiger partial charge < -0.3 is 14.2 Å². The molecule has 2 atom stereocenters. The fourth-order valence-electron chi connectivity index (χ4n) is 3.15. The predicted molar refractivity (Wildman–Crippen MR) is 118 cm³/mol. The monoisotopic (exact) mass is 423 g/mol. The summed E-state index contributed by atoms with van der Waals surface area (Å²) in [5.74, 6) is -0.432. The zero-order valence-electron chi connectivity index (χ0n) is 18.2. The zero-order chi connectivity index (χ0) is 22.3. The van der Waals surface area contributed by atoms with Gasteiger partial charge in [-0.15, -0.1) is 0 Å². The van der Waals surface area contributed by atoms with Gasteiger partial charge in [-0.1, -0.05) is 54.6 Å². The molecule has 0 N–H and O–H groups in total. The third kappa shape index (κ3) is 6.96. The van der Waals surface area contributed by atoms with Crippen molar-refractivity contribution < 1.29 is 23.8 Å². The van der Waals surface area contributed by atoms with Gasteiger partial charge in [0.2, 0.25) is 0 Å². The molecule has 1 aliphatic heterocycles. The first-order valence-electron chi connectivity index (χ1n) is 10.4. The van der Waals surface area contributed by atoms with Crippen LogP contribution >= 0.6 is 0 Å². The first kappa shape index (κ1) is 22.6. The summed E-state index contributed by atoms with van der Waals surface area (Å²) < 4.78 is 17.0. The van der Waals surface area contributed by atoms with E-state index in [0.29, 0.717) is 18.8 Å². The Bertz CT molecular complexity index is 889. The highest BCUT2D eigenvalue weighted by molar-refractivity contribution is 5.89. The van der Waals surface area contributed by atoms with Gasteiger partial charge in [0.1, 0.15) is 11.7 Å². The lowest BCUT2D eigenvalue weighted by Crippen LogP contribution is -2.50. The number of amides is 1. The Kier molecular flexibility index (Phi) is 7.47. The highest BCUT2D eigenvalue weighted by Crippen LogP contribution is 2.19. The van der Waals surface area contributed by atoms with Crippen molar-refractivity contribution in [2.24, 2.45) is 0 Å². The summed E-state index contributed by atoms with van der Waals surface area (Å²) in [6.45, 7) is 6.41. The van der Waals surface area contributed by atoms with E-state index in [1.807, 2.05) is 63.2 Å². The average Bonchev–Trinajstić information content (AvgIpc) is 2.74. The van der Waals surface area contributed by atoms with E-state index in [-0.39, 0.29) is 12.6 Å². The van der Waals surface area contributed by atoms with Crippen LogP contribution in [0.4, 0.5) is 4.79 Å². The molecule has 0 saturated carbocycles. The normalized spacial score (nSPS) is 18.5. The second-order valence-corrected chi connectivity index (χ2v) is 8.40. The fourth-order valence-corrected chi connectivity index (χ4v) is 3.15. The van der Waals surface area contributed by atoms with Crippen molar-refractivity contribution in [3.05, 3.63) is 83.9 Å². The van der Waals surface area contributed by atoms with Gasteiger partial charge in [-0.05, 0) is 44.5 Å². The lowest BCUT2D eigenvalue weighted by molar-refractivity contribution is -0.0123. The van der Waals surface area contributed by atoms with Gasteiger partial charge in [0.05, 0.1) is 31.4 Å². The minimum atomic E-state index is -0.635. The third-order valence-corrected chi connectivity index (χ3v) is 4.62. The average molecular weight is 424 g/mol. The van der Waals surface area contributed by atoms with Crippen LogP contribution in [0.1, 0.15) is 36.7 Å². The minimum Gasteiger partial charge on any atom is -0.453 e. The second-order valence-electron chi connectivity index (χ2n) is 8.40. The third-order valence-electron chi connectivity index (χ3n) is 4.62. The molecule has 6 nitrogen and oxygen atoms in total. The lowest BCUT2D eigenvalue weighted by Gasteiger charge is -2.36. The molecule has 6 heteroatoms. The van der Waals surface area contributed by atoms with E-state index < -0.39 is 23.8 Å². The van der Waals surface area contributed by atoms with Crippen LogP contribution in [0.2, 0.25) is 0 Å². The zero-order valence-corrected chi connectivity index (χ0v) is 18.2. The summed E-state index contributed by atoms with van der Waals surface area (Å²) in [5.41, 5.74) is 0.887. The van der Waals surface area contributed by atoms with Crippen LogP contribution in [-0.4, -0.2) is 47.9 Å². The van der Waals surface area contributed by atoms with Gasteiger partial charge in [-0.25, -0.2) is 9.59 Å². The van der Waals surface area contributed by atoms with Crippen LogP contribution in [-0.2, 0) is 20.8 Å². The summed E-state index contributed by atoms with van der Waals surface area (Å²) in [6.07, 6.45) is 2.61. The van der Waals surface area contributed by atoms with Gasteiger partial charge >= 0.3 is 12.1 Å². The van der Waals surface area contributed by atoms with E-state index in [4.69, 9.17) is 14.2 Å². The van der Waals surface area contributed by atoms with Crippen molar-refractivity contribution in [1.29, 1.82) is 0 Å². The molecule has 0 radical (unpaired) electrons. The quantitative estimate of drug-likeness (QED) is 0.502. The van der Waals surface area contributed by atoms with Crippen LogP contribution in [0, 0.1) is 0 Å².